The van der Waals surface area contributed by atoms with Gasteiger partial charge < -0.3 is 14.2 Å². The highest BCUT2D eigenvalue weighted by Crippen LogP contribution is 2.33. The van der Waals surface area contributed by atoms with Crippen molar-refractivity contribution in [1.29, 1.82) is 0 Å². The predicted octanol–water partition coefficient (Wildman–Crippen LogP) is 4.10. The topological polar surface area (TPSA) is 51.5 Å². The van der Waals surface area contributed by atoms with Gasteiger partial charge in [0, 0.05) is 19.3 Å². The van der Waals surface area contributed by atoms with Gasteiger partial charge in [0.1, 0.15) is 17.4 Å². The summed E-state index contributed by atoms with van der Waals surface area (Å²) in [6.45, 7) is 5.36. The summed E-state index contributed by atoms with van der Waals surface area (Å²) in [5, 5.41) is 0.670. The quantitative estimate of drug-likeness (QED) is 0.667. The number of nitrogens with zero attached hydrogens (tertiary/aromatic N) is 2. The summed E-state index contributed by atoms with van der Waals surface area (Å²) < 4.78 is 7.76. The van der Waals surface area contributed by atoms with Crippen molar-refractivity contribution in [2.75, 3.05) is 6.54 Å². The number of hydrogen-bond donors (Lipinski definition) is 0. The molecule has 4 rings (SSSR count). The molecule has 6 heteroatoms. The van der Waals surface area contributed by atoms with Gasteiger partial charge >= 0.3 is 0 Å². The van der Waals surface area contributed by atoms with Crippen LogP contribution in [0.5, 0.6) is 5.75 Å². The highest BCUT2D eigenvalue weighted by molar-refractivity contribution is 6.35. The number of amides is 1. The van der Waals surface area contributed by atoms with Crippen LogP contribution in [0.4, 0.5) is 0 Å². The van der Waals surface area contributed by atoms with E-state index in [1.807, 2.05) is 48.7 Å². The molecule has 0 aliphatic carbocycles. The third-order valence-electron chi connectivity index (χ3n) is 5.03. The van der Waals surface area contributed by atoms with Crippen molar-refractivity contribution in [3.63, 3.8) is 0 Å². The predicted molar refractivity (Wildman–Crippen MR) is 110 cm³/mol. The monoisotopic (exact) mass is 396 g/mol. The van der Waals surface area contributed by atoms with Crippen molar-refractivity contribution >= 4 is 28.4 Å². The zero-order chi connectivity index (χ0) is 19.8. The molecule has 0 N–H and O–H groups in total. The largest absolute Gasteiger partial charge is 0.487 e. The zero-order valence-electron chi connectivity index (χ0n) is 15.8. The Morgan fingerprint density at radius 3 is 2.71 bits per heavy atom. The molecule has 1 amide bonds. The van der Waals surface area contributed by atoms with Gasteiger partial charge in [-0.1, -0.05) is 41.9 Å². The van der Waals surface area contributed by atoms with E-state index in [-0.39, 0.29) is 23.0 Å². The van der Waals surface area contributed by atoms with Crippen LogP contribution >= 0.6 is 11.6 Å². The molecule has 0 radical (unpaired) electrons. The van der Waals surface area contributed by atoms with Crippen LogP contribution in [0, 0.1) is 0 Å². The first-order valence-electron chi connectivity index (χ1n) is 9.35. The molecule has 0 spiro atoms. The molecule has 3 aromatic rings. The molecule has 2 heterocycles. The Morgan fingerprint density at radius 2 is 2.00 bits per heavy atom. The number of ether oxygens (including phenoxy) is 1. The van der Waals surface area contributed by atoms with Crippen molar-refractivity contribution in [2.24, 2.45) is 0 Å². The van der Waals surface area contributed by atoms with Gasteiger partial charge in [0.05, 0.1) is 22.5 Å². The van der Waals surface area contributed by atoms with Crippen LogP contribution in [0.3, 0.4) is 0 Å². The van der Waals surface area contributed by atoms with Gasteiger partial charge in [0.15, 0.2) is 0 Å². The average Bonchev–Trinajstić information content (AvgIpc) is 2.70. The van der Waals surface area contributed by atoms with Crippen molar-refractivity contribution in [2.45, 2.75) is 33.0 Å². The lowest BCUT2D eigenvalue weighted by molar-refractivity contribution is 0.0750. The van der Waals surface area contributed by atoms with Crippen LogP contribution in [0.1, 0.15) is 29.8 Å². The fraction of sp³-hybridized carbons (Fsp3) is 0.273. The molecular formula is C22H21ClN2O3. The maximum atomic E-state index is 13.2. The fourth-order valence-corrected chi connectivity index (χ4v) is 3.92. The first kappa shape index (κ1) is 18.6. The molecule has 1 aliphatic rings. The lowest BCUT2D eigenvalue weighted by atomic mass is 10.1. The van der Waals surface area contributed by atoms with E-state index in [4.69, 9.17) is 16.3 Å². The van der Waals surface area contributed by atoms with Crippen molar-refractivity contribution in [3.05, 3.63) is 75.0 Å². The Bertz CT molecular complexity index is 1110. The van der Waals surface area contributed by atoms with Gasteiger partial charge in [-0.3, -0.25) is 9.59 Å². The van der Waals surface area contributed by atoms with Crippen LogP contribution in [-0.2, 0) is 13.1 Å². The Morgan fingerprint density at radius 1 is 1.25 bits per heavy atom. The molecular weight excluding hydrogens is 376 g/mol. The molecule has 2 aromatic carbocycles. The smallest absolute Gasteiger partial charge is 0.259 e. The second kappa shape index (κ2) is 7.32. The minimum absolute atomic E-state index is 0.0612. The number of hydrogen-bond acceptors (Lipinski definition) is 3. The second-order valence-corrected chi connectivity index (χ2v) is 7.43. The van der Waals surface area contributed by atoms with Gasteiger partial charge in [0.2, 0.25) is 5.43 Å². The zero-order valence-corrected chi connectivity index (χ0v) is 16.6. The highest BCUT2D eigenvalue weighted by atomic mass is 35.5. The third kappa shape index (κ3) is 3.16. The standard InChI is InChI=1S/C22H21ClN2O3/c1-3-24(12-15-7-5-4-6-8-15)22(27)16-13-25-11-14(2)28-18-10-9-17(23)19(20(18)25)21(16)26/h4-10,13-14H,3,11-12H2,1-2H3. The molecule has 1 aromatic heterocycles. The van der Waals surface area contributed by atoms with Crippen LogP contribution in [0.15, 0.2) is 53.5 Å². The molecule has 1 aliphatic heterocycles. The van der Waals surface area contributed by atoms with Crippen molar-refractivity contribution in [3.8, 4) is 5.75 Å². The number of rotatable bonds is 4. The fourth-order valence-electron chi connectivity index (χ4n) is 3.69. The molecule has 5 nitrogen and oxygen atoms in total. The van der Waals surface area contributed by atoms with E-state index < -0.39 is 0 Å². The normalized spacial score (nSPS) is 15.3. The first-order chi connectivity index (χ1) is 13.5. The number of aromatic nitrogens is 1. The molecule has 0 fully saturated rings. The van der Waals surface area contributed by atoms with Gasteiger partial charge in [-0.05, 0) is 31.5 Å². The minimum atomic E-state index is -0.354. The number of carbonyl (C=O) groups is 1. The Balaban J connectivity index is 1.82. The summed E-state index contributed by atoms with van der Waals surface area (Å²) in [5.41, 5.74) is 1.45. The second-order valence-electron chi connectivity index (χ2n) is 7.03. The molecule has 0 bridgehead atoms. The molecule has 0 saturated carbocycles. The third-order valence-corrected chi connectivity index (χ3v) is 5.35. The van der Waals surface area contributed by atoms with E-state index >= 15 is 0 Å². The van der Waals surface area contributed by atoms with E-state index in [0.717, 1.165) is 5.56 Å². The summed E-state index contributed by atoms with van der Waals surface area (Å²) in [5.74, 6) is 0.327. The van der Waals surface area contributed by atoms with Crippen molar-refractivity contribution in [1.82, 2.24) is 9.47 Å². The summed E-state index contributed by atoms with van der Waals surface area (Å²) in [6.07, 6.45) is 1.59. The van der Waals surface area contributed by atoms with Gasteiger partial charge in [-0.15, -0.1) is 0 Å². The number of carbonyl (C=O) groups excluding carboxylic acids is 1. The maximum absolute atomic E-state index is 13.2. The molecule has 144 valence electrons. The van der Waals surface area contributed by atoms with Gasteiger partial charge in [-0.25, -0.2) is 0 Å². The SMILES string of the molecule is CCN(Cc1ccccc1)C(=O)c1cn2c3c(ccc(Cl)c3c1=O)OC(C)C2. The summed E-state index contributed by atoms with van der Waals surface area (Å²) in [7, 11) is 0. The highest BCUT2D eigenvalue weighted by Gasteiger charge is 2.26. The lowest BCUT2D eigenvalue weighted by Crippen LogP contribution is -2.35. The molecule has 28 heavy (non-hydrogen) atoms. The van der Waals surface area contributed by atoms with Crippen LogP contribution in [0.2, 0.25) is 5.02 Å². The Kier molecular flexibility index (Phi) is 4.85. The summed E-state index contributed by atoms with van der Waals surface area (Å²) in [6, 6.07) is 13.2. The van der Waals surface area contributed by atoms with E-state index in [2.05, 4.69) is 0 Å². The average molecular weight is 397 g/mol. The van der Waals surface area contributed by atoms with Crippen LogP contribution in [-0.4, -0.2) is 28.0 Å². The Labute approximate surface area is 168 Å². The van der Waals surface area contributed by atoms with Crippen LogP contribution in [0.25, 0.3) is 10.9 Å². The molecule has 1 atom stereocenters. The minimum Gasteiger partial charge on any atom is -0.487 e. The molecule has 1 unspecified atom stereocenters. The number of pyridine rings is 1. The van der Waals surface area contributed by atoms with Gasteiger partial charge in [-0.2, -0.15) is 0 Å². The van der Waals surface area contributed by atoms with E-state index in [9.17, 15) is 9.59 Å². The maximum Gasteiger partial charge on any atom is 0.259 e. The van der Waals surface area contributed by atoms with Crippen LogP contribution < -0.4 is 10.2 Å². The van der Waals surface area contributed by atoms with Gasteiger partial charge in [0.25, 0.3) is 5.91 Å². The number of halogens is 1. The Hall–Kier alpha value is -2.79. The van der Waals surface area contributed by atoms with E-state index in [1.54, 1.807) is 23.2 Å². The molecule has 0 saturated heterocycles. The number of benzene rings is 2. The summed E-state index contributed by atoms with van der Waals surface area (Å²) >= 11 is 6.35. The van der Waals surface area contributed by atoms with E-state index in [0.29, 0.717) is 41.3 Å². The first-order valence-corrected chi connectivity index (χ1v) is 9.73. The summed E-state index contributed by atoms with van der Waals surface area (Å²) in [4.78, 5) is 28.1. The lowest BCUT2D eigenvalue weighted by Gasteiger charge is -2.27. The van der Waals surface area contributed by atoms with Crippen molar-refractivity contribution < 1.29 is 9.53 Å². The van der Waals surface area contributed by atoms with E-state index in [1.165, 1.54) is 0 Å².